The number of nitrogens with zero attached hydrogens (tertiary/aromatic N) is 2. The van der Waals surface area contributed by atoms with Gasteiger partial charge in [0, 0.05) is 12.1 Å². The number of hydrogen-bond donors (Lipinski definition) is 0. The van der Waals surface area contributed by atoms with Crippen LogP contribution in [0.25, 0.3) is 0 Å². The molecule has 0 amide bonds. The van der Waals surface area contributed by atoms with E-state index < -0.39 is 31.3 Å². The maximum Gasteiger partial charge on any atom is 0.346 e. The van der Waals surface area contributed by atoms with Crippen LogP contribution in [0.3, 0.4) is 0 Å². The SMILES string of the molecule is Cc1ccc(S(=O)(=O)OCc2ccccc2)cc1.O=[N+]([O-])c1ccccc1[N+](=O)[O-]. The Bertz CT molecular complexity index is 1080. The van der Waals surface area contributed by atoms with Crippen molar-refractivity contribution in [3.05, 3.63) is 110 Å². The summed E-state index contributed by atoms with van der Waals surface area (Å²) in [6.45, 7) is 1.96. The zero-order chi connectivity index (χ0) is 22.1. The maximum absolute atomic E-state index is 11.9. The van der Waals surface area contributed by atoms with Crippen LogP contribution in [0.1, 0.15) is 11.1 Å². The third-order valence-corrected chi connectivity index (χ3v) is 5.09. The van der Waals surface area contributed by atoms with Crippen molar-refractivity contribution >= 4 is 21.5 Å². The van der Waals surface area contributed by atoms with Crippen molar-refractivity contribution in [1.82, 2.24) is 0 Å². The quantitative estimate of drug-likeness (QED) is 0.322. The smallest absolute Gasteiger partial charge is 0.262 e. The molecule has 10 heteroatoms. The molecule has 3 rings (SSSR count). The second-order valence-electron chi connectivity index (χ2n) is 6.02. The van der Waals surface area contributed by atoms with E-state index in [-0.39, 0.29) is 11.5 Å². The number of nitro benzene ring substituents is 2. The van der Waals surface area contributed by atoms with E-state index in [4.69, 9.17) is 4.18 Å². The minimum atomic E-state index is -3.68. The molecular formula is C20H18N2O7S. The third kappa shape index (κ3) is 6.47. The molecule has 0 fully saturated rings. The minimum absolute atomic E-state index is 0.0526. The van der Waals surface area contributed by atoms with Crippen LogP contribution in [-0.4, -0.2) is 18.3 Å². The summed E-state index contributed by atoms with van der Waals surface area (Å²) in [6, 6.07) is 20.8. The Morgan fingerprint density at radius 2 is 1.23 bits per heavy atom. The highest BCUT2D eigenvalue weighted by Crippen LogP contribution is 2.24. The Hall–Kier alpha value is -3.63. The molecule has 0 atom stereocenters. The van der Waals surface area contributed by atoms with Gasteiger partial charge in [0.2, 0.25) is 0 Å². The van der Waals surface area contributed by atoms with Crippen LogP contribution in [0.4, 0.5) is 11.4 Å². The summed E-state index contributed by atoms with van der Waals surface area (Å²) in [5.74, 6) is 0. The van der Waals surface area contributed by atoms with Gasteiger partial charge in [0.15, 0.2) is 0 Å². The fourth-order valence-corrected chi connectivity index (χ4v) is 3.16. The second-order valence-corrected chi connectivity index (χ2v) is 7.63. The summed E-state index contributed by atoms with van der Waals surface area (Å²) in [5, 5.41) is 20.5. The molecule has 0 heterocycles. The Balaban J connectivity index is 0.000000232. The fourth-order valence-electron chi connectivity index (χ4n) is 2.27. The zero-order valence-corrected chi connectivity index (χ0v) is 16.7. The molecule has 0 spiro atoms. The van der Waals surface area contributed by atoms with E-state index in [1.807, 2.05) is 37.3 Å². The third-order valence-electron chi connectivity index (χ3n) is 3.81. The molecule has 0 aliphatic carbocycles. The first kappa shape index (κ1) is 22.7. The summed E-state index contributed by atoms with van der Waals surface area (Å²) in [4.78, 5) is 19.1. The topological polar surface area (TPSA) is 130 Å². The molecule has 3 aromatic rings. The lowest BCUT2D eigenvalue weighted by Gasteiger charge is -2.06. The van der Waals surface area contributed by atoms with Crippen molar-refractivity contribution in [3.8, 4) is 0 Å². The predicted molar refractivity (Wildman–Crippen MR) is 109 cm³/mol. The molecule has 156 valence electrons. The van der Waals surface area contributed by atoms with E-state index in [0.29, 0.717) is 0 Å². The number of rotatable bonds is 6. The highest BCUT2D eigenvalue weighted by atomic mass is 32.2. The van der Waals surface area contributed by atoms with Gasteiger partial charge in [-0.15, -0.1) is 0 Å². The summed E-state index contributed by atoms with van der Waals surface area (Å²) >= 11 is 0. The Labute approximate surface area is 173 Å². The average molecular weight is 430 g/mol. The molecule has 0 aliphatic heterocycles. The molecule has 0 aromatic heterocycles. The molecule has 0 saturated heterocycles. The Morgan fingerprint density at radius 1 is 0.767 bits per heavy atom. The molecule has 0 aliphatic rings. The summed E-state index contributed by atoms with van der Waals surface area (Å²) < 4.78 is 28.8. The van der Waals surface area contributed by atoms with Crippen molar-refractivity contribution in [2.75, 3.05) is 0 Å². The molecule has 0 radical (unpaired) electrons. The Kier molecular flexibility index (Phi) is 7.73. The van der Waals surface area contributed by atoms with Crippen molar-refractivity contribution in [1.29, 1.82) is 0 Å². The predicted octanol–water partition coefficient (Wildman–Crippen LogP) is 4.40. The lowest BCUT2D eigenvalue weighted by Crippen LogP contribution is -2.06. The molecule has 0 saturated carbocycles. The molecule has 3 aromatic carbocycles. The van der Waals surface area contributed by atoms with Gasteiger partial charge in [-0.2, -0.15) is 8.42 Å². The number of hydrogen-bond acceptors (Lipinski definition) is 7. The maximum atomic E-state index is 11.9. The van der Waals surface area contributed by atoms with Gasteiger partial charge in [-0.3, -0.25) is 24.4 Å². The van der Waals surface area contributed by atoms with Crippen LogP contribution < -0.4 is 0 Å². The van der Waals surface area contributed by atoms with Gasteiger partial charge in [-0.1, -0.05) is 60.2 Å². The molecule has 30 heavy (non-hydrogen) atoms. The molecule has 0 N–H and O–H groups in total. The van der Waals surface area contributed by atoms with Crippen LogP contribution in [0.2, 0.25) is 0 Å². The first-order chi connectivity index (χ1) is 14.2. The number of nitro groups is 2. The first-order valence-corrected chi connectivity index (χ1v) is 9.99. The van der Waals surface area contributed by atoms with Crippen molar-refractivity contribution in [2.24, 2.45) is 0 Å². The highest BCUT2D eigenvalue weighted by Gasteiger charge is 2.21. The van der Waals surface area contributed by atoms with E-state index >= 15 is 0 Å². The average Bonchev–Trinajstić information content (AvgIpc) is 2.74. The van der Waals surface area contributed by atoms with Crippen LogP contribution >= 0.6 is 0 Å². The summed E-state index contributed by atoms with van der Waals surface area (Å²) in [6.07, 6.45) is 0. The van der Waals surface area contributed by atoms with E-state index in [0.717, 1.165) is 23.3 Å². The van der Waals surface area contributed by atoms with Crippen molar-refractivity contribution in [3.63, 3.8) is 0 Å². The number of para-hydroxylation sites is 2. The van der Waals surface area contributed by atoms with E-state index in [1.54, 1.807) is 24.3 Å². The summed E-state index contributed by atoms with van der Waals surface area (Å²) in [5.41, 5.74) is 0.871. The van der Waals surface area contributed by atoms with Gasteiger partial charge in [0.1, 0.15) is 0 Å². The van der Waals surface area contributed by atoms with Gasteiger partial charge >= 0.3 is 11.4 Å². The van der Waals surface area contributed by atoms with Gasteiger partial charge in [0.05, 0.1) is 21.3 Å². The summed E-state index contributed by atoms with van der Waals surface area (Å²) in [7, 11) is -3.68. The zero-order valence-electron chi connectivity index (χ0n) is 15.9. The number of benzene rings is 3. The van der Waals surface area contributed by atoms with E-state index in [1.165, 1.54) is 12.1 Å². The van der Waals surface area contributed by atoms with Gasteiger partial charge < -0.3 is 0 Å². The highest BCUT2D eigenvalue weighted by molar-refractivity contribution is 7.86. The van der Waals surface area contributed by atoms with Crippen LogP contribution in [0.5, 0.6) is 0 Å². The van der Waals surface area contributed by atoms with Crippen LogP contribution in [0.15, 0.2) is 83.8 Å². The van der Waals surface area contributed by atoms with Gasteiger partial charge in [-0.05, 0) is 24.6 Å². The molecule has 0 bridgehead atoms. The standard InChI is InChI=1S/C14H14O3S.C6H4N2O4/c1-12-7-9-14(10-8-12)18(15,16)17-11-13-5-3-2-4-6-13;9-7(10)5-3-1-2-4-6(5)8(11)12/h2-10H,11H2,1H3;1-4H. The Morgan fingerprint density at radius 3 is 1.70 bits per heavy atom. The number of aryl methyl sites for hydroxylation is 1. The van der Waals surface area contributed by atoms with Gasteiger partial charge in [-0.25, -0.2) is 0 Å². The van der Waals surface area contributed by atoms with Gasteiger partial charge in [0.25, 0.3) is 10.1 Å². The largest absolute Gasteiger partial charge is 0.346 e. The molecule has 0 unspecified atom stereocenters. The van der Waals surface area contributed by atoms with Crippen LogP contribution in [0, 0.1) is 27.2 Å². The minimum Gasteiger partial charge on any atom is -0.262 e. The van der Waals surface area contributed by atoms with E-state index in [9.17, 15) is 28.6 Å². The lowest BCUT2D eigenvalue weighted by molar-refractivity contribution is -0.422. The monoisotopic (exact) mass is 430 g/mol. The van der Waals surface area contributed by atoms with Crippen molar-refractivity contribution in [2.45, 2.75) is 18.4 Å². The normalized spacial score (nSPS) is 10.6. The fraction of sp³-hybridized carbons (Fsp3) is 0.100. The van der Waals surface area contributed by atoms with E-state index in [2.05, 4.69) is 0 Å². The molecule has 9 nitrogen and oxygen atoms in total. The lowest BCUT2D eigenvalue weighted by atomic mass is 10.2. The molecular weight excluding hydrogens is 412 g/mol. The van der Waals surface area contributed by atoms with Crippen molar-refractivity contribution < 1.29 is 22.4 Å². The first-order valence-electron chi connectivity index (χ1n) is 8.58. The second kappa shape index (κ2) is 10.2. The van der Waals surface area contributed by atoms with Crippen LogP contribution in [-0.2, 0) is 20.9 Å².